The van der Waals surface area contributed by atoms with Gasteiger partial charge in [0.25, 0.3) is 0 Å². The number of aliphatic hydroxyl groups is 1. The molecular formula is C12H22N2O2. The van der Waals surface area contributed by atoms with Crippen LogP contribution in [0, 0.1) is 11.8 Å². The fourth-order valence-corrected chi connectivity index (χ4v) is 2.61. The molecule has 0 radical (unpaired) electrons. The molecule has 0 aromatic heterocycles. The highest BCUT2D eigenvalue weighted by molar-refractivity contribution is 5.80. The van der Waals surface area contributed by atoms with E-state index >= 15 is 0 Å². The van der Waals surface area contributed by atoms with Crippen LogP contribution < -0.4 is 0 Å². The lowest BCUT2D eigenvalue weighted by Gasteiger charge is -2.37. The number of nitrogens with zero attached hydrogens (tertiary/aromatic N) is 2. The van der Waals surface area contributed by atoms with Crippen LogP contribution in [0.4, 0.5) is 0 Å². The second kappa shape index (κ2) is 4.72. The zero-order chi connectivity index (χ0) is 11.7. The summed E-state index contributed by atoms with van der Waals surface area (Å²) in [5.41, 5.74) is 0. The van der Waals surface area contributed by atoms with Gasteiger partial charge in [0.1, 0.15) is 0 Å². The highest BCUT2D eigenvalue weighted by Crippen LogP contribution is 2.22. The molecule has 2 aliphatic rings. The van der Waals surface area contributed by atoms with Crippen LogP contribution in [-0.4, -0.2) is 59.6 Å². The first-order valence-electron chi connectivity index (χ1n) is 6.25. The first kappa shape index (κ1) is 11.9. The van der Waals surface area contributed by atoms with Gasteiger partial charge in [-0.3, -0.25) is 4.79 Å². The van der Waals surface area contributed by atoms with Gasteiger partial charge in [0.05, 0.1) is 12.0 Å². The van der Waals surface area contributed by atoms with E-state index in [2.05, 4.69) is 18.7 Å². The predicted molar refractivity (Wildman–Crippen MR) is 62.0 cm³/mol. The number of likely N-dealkylation sites (tertiary alicyclic amines) is 2. The van der Waals surface area contributed by atoms with Crippen molar-refractivity contribution in [2.45, 2.75) is 26.4 Å². The van der Waals surface area contributed by atoms with E-state index in [0.717, 1.165) is 26.1 Å². The van der Waals surface area contributed by atoms with Gasteiger partial charge in [0.15, 0.2) is 0 Å². The molecule has 1 N–H and O–H groups in total. The quantitative estimate of drug-likeness (QED) is 0.746. The van der Waals surface area contributed by atoms with E-state index in [0.29, 0.717) is 19.0 Å². The van der Waals surface area contributed by atoms with Crippen molar-refractivity contribution < 1.29 is 9.90 Å². The highest BCUT2D eigenvalue weighted by atomic mass is 16.3. The van der Waals surface area contributed by atoms with Gasteiger partial charge in [-0.2, -0.15) is 0 Å². The third kappa shape index (κ3) is 2.55. The van der Waals surface area contributed by atoms with E-state index in [1.54, 1.807) is 4.90 Å². The van der Waals surface area contributed by atoms with Gasteiger partial charge in [-0.15, -0.1) is 0 Å². The smallest absolute Gasteiger partial charge is 0.227 e. The van der Waals surface area contributed by atoms with Gasteiger partial charge in [0.2, 0.25) is 5.91 Å². The summed E-state index contributed by atoms with van der Waals surface area (Å²) in [5, 5.41) is 9.18. The van der Waals surface area contributed by atoms with E-state index in [9.17, 15) is 9.90 Å². The first-order chi connectivity index (χ1) is 7.56. The summed E-state index contributed by atoms with van der Waals surface area (Å²) >= 11 is 0. The molecule has 2 fully saturated rings. The fourth-order valence-electron chi connectivity index (χ4n) is 2.61. The van der Waals surface area contributed by atoms with Gasteiger partial charge in [-0.25, -0.2) is 0 Å². The molecule has 0 aromatic carbocycles. The van der Waals surface area contributed by atoms with Crippen molar-refractivity contribution in [2.24, 2.45) is 11.8 Å². The summed E-state index contributed by atoms with van der Waals surface area (Å²) in [7, 11) is 0. The number of amides is 1. The molecule has 92 valence electrons. The molecule has 16 heavy (non-hydrogen) atoms. The van der Waals surface area contributed by atoms with Crippen molar-refractivity contribution in [3.8, 4) is 0 Å². The van der Waals surface area contributed by atoms with Crippen LogP contribution in [0.2, 0.25) is 0 Å². The van der Waals surface area contributed by atoms with Crippen LogP contribution in [0.3, 0.4) is 0 Å². The van der Waals surface area contributed by atoms with Crippen molar-refractivity contribution >= 4 is 5.91 Å². The summed E-state index contributed by atoms with van der Waals surface area (Å²) in [6, 6.07) is 0. The Balaban J connectivity index is 1.77. The molecule has 2 saturated heterocycles. The normalized spacial score (nSPS) is 27.5. The topological polar surface area (TPSA) is 43.8 Å². The largest absolute Gasteiger partial charge is 0.389 e. The molecule has 1 atom stereocenters. The Morgan fingerprint density at radius 3 is 2.62 bits per heavy atom. The van der Waals surface area contributed by atoms with Gasteiger partial charge >= 0.3 is 0 Å². The molecule has 0 aromatic rings. The molecular weight excluding hydrogens is 204 g/mol. The van der Waals surface area contributed by atoms with E-state index in [1.807, 2.05) is 0 Å². The molecule has 0 saturated carbocycles. The second-order valence-electron chi connectivity index (χ2n) is 5.54. The lowest BCUT2D eigenvalue weighted by molar-refractivity contribution is -0.145. The summed E-state index contributed by atoms with van der Waals surface area (Å²) in [6.07, 6.45) is 0.704. The first-order valence-corrected chi connectivity index (χ1v) is 6.25. The third-order valence-electron chi connectivity index (χ3n) is 3.42. The van der Waals surface area contributed by atoms with E-state index in [1.165, 1.54) is 0 Å². The number of hydrogen-bond acceptors (Lipinski definition) is 3. The van der Waals surface area contributed by atoms with Crippen LogP contribution >= 0.6 is 0 Å². The average molecular weight is 226 g/mol. The Morgan fingerprint density at radius 2 is 2.06 bits per heavy atom. The molecule has 4 heteroatoms. The fraction of sp³-hybridized carbons (Fsp3) is 0.917. The Morgan fingerprint density at radius 1 is 1.38 bits per heavy atom. The summed E-state index contributed by atoms with van der Waals surface area (Å²) in [6.45, 7) is 8.54. The number of aliphatic hydroxyl groups excluding tert-OH is 1. The third-order valence-corrected chi connectivity index (χ3v) is 3.42. The highest BCUT2D eigenvalue weighted by Gasteiger charge is 2.36. The van der Waals surface area contributed by atoms with Gasteiger partial charge < -0.3 is 14.9 Å². The zero-order valence-electron chi connectivity index (χ0n) is 10.2. The van der Waals surface area contributed by atoms with E-state index < -0.39 is 0 Å². The van der Waals surface area contributed by atoms with Gasteiger partial charge in [-0.1, -0.05) is 13.8 Å². The van der Waals surface area contributed by atoms with Crippen LogP contribution in [-0.2, 0) is 4.79 Å². The minimum Gasteiger partial charge on any atom is -0.389 e. The number of carbonyl (C=O) groups is 1. The number of carbonyl (C=O) groups excluding carboxylic acids is 1. The maximum absolute atomic E-state index is 12.0. The SMILES string of the molecule is CC(C)CN1CCC(C(=O)N2CC(O)C2)C1. The Bertz CT molecular complexity index is 262. The molecule has 2 aliphatic heterocycles. The van der Waals surface area contributed by atoms with Gasteiger partial charge in [-0.05, 0) is 18.9 Å². The molecule has 0 bridgehead atoms. The maximum Gasteiger partial charge on any atom is 0.227 e. The van der Waals surface area contributed by atoms with Crippen molar-refractivity contribution in [2.75, 3.05) is 32.7 Å². The van der Waals surface area contributed by atoms with Crippen molar-refractivity contribution in [1.29, 1.82) is 0 Å². The monoisotopic (exact) mass is 226 g/mol. The van der Waals surface area contributed by atoms with Crippen LogP contribution in [0.15, 0.2) is 0 Å². The number of hydrogen-bond donors (Lipinski definition) is 1. The lowest BCUT2D eigenvalue weighted by Crippen LogP contribution is -2.55. The van der Waals surface area contributed by atoms with Crippen LogP contribution in [0.1, 0.15) is 20.3 Å². The maximum atomic E-state index is 12.0. The van der Waals surface area contributed by atoms with Crippen molar-refractivity contribution in [1.82, 2.24) is 9.80 Å². The molecule has 4 nitrogen and oxygen atoms in total. The predicted octanol–water partition coefficient (Wildman–Crippen LogP) is 0.167. The van der Waals surface area contributed by atoms with E-state index in [-0.39, 0.29) is 17.9 Å². The summed E-state index contributed by atoms with van der Waals surface area (Å²) in [5.74, 6) is 1.09. The molecule has 0 spiro atoms. The van der Waals surface area contributed by atoms with Crippen LogP contribution in [0.25, 0.3) is 0 Å². The molecule has 1 amide bonds. The number of rotatable bonds is 3. The number of β-amino-alcohol motifs (C(OH)–C–C–N with tert-alkyl or cyclic N) is 1. The minimum atomic E-state index is -0.280. The second-order valence-corrected chi connectivity index (χ2v) is 5.54. The van der Waals surface area contributed by atoms with Crippen LogP contribution in [0.5, 0.6) is 0 Å². The molecule has 1 unspecified atom stereocenters. The summed E-state index contributed by atoms with van der Waals surface area (Å²) in [4.78, 5) is 16.2. The Kier molecular flexibility index (Phi) is 3.50. The molecule has 0 aliphatic carbocycles. The van der Waals surface area contributed by atoms with Crippen molar-refractivity contribution in [3.05, 3.63) is 0 Å². The molecule has 2 rings (SSSR count). The summed E-state index contributed by atoms with van der Waals surface area (Å²) < 4.78 is 0. The standard InChI is InChI=1S/C12H22N2O2/c1-9(2)5-13-4-3-10(6-13)12(16)14-7-11(15)8-14/h9-11,15H,3-8H2,1-2H3. The Labute approximate surface area is 97.2 Å². The van der Waals surface area contributed by atoms with Crippen molar-refractivity contribution in [3.63, 3.8) is 0 Å². The minimum absolute atomic E-state index is 0.172. The average Bonchev–Trinajstić information content (AvgIpc) is 2.59. The molecule has 2 heterocycles. The zero-order valence-corrected chi connectivity index (χ0v) is 10.2. The lowest BCUT2D eigenvalue weighted by atomic mass is 10.0. The van der Waals surface area contributed by atoms with E-state index in [4.69, 9.17) is 0 Å². The Hall–Kier alpha value is -0.610. The van der Waals surface area contributed by atoms with Gasteiger partial charge in [0, 0.05) is 26.2 Å².